The van der Waals surface area contributed by atoms with Crippen LogP contribution in [0.5, 0.6) is 5.75 Å². The maximum absolute atomic E-state index is 14.5. The lowest BCUT2D eigenvalue weighted by molar-refractivity contribution is -0.166. The number of carbonyl (C=O) groups is 1. The Balaban J connectivity index is 1.55. The molecule has 5 heterocycles. The zero-order valence-corrected chi connectivity index (χ0v) is 29.6. The highest BCUT2D eigenvalue weighted by Gasteiger charge is 2.38. The number of nitrogens with zero attached hydrogens (tertiary/aromatic N) is 4. The molecule has 4 aromatic rings. The number of aromatic nitrogens is 3. The summed E-state index contributed by atoms with van der Waals surface area (Å²) in [6.45, 7) is 15.7. The van der Waals surface area contributed by atoms with E-state index >= 15 is 0 Å². The highest BCUT2D eigenvalue weighted by molar-refractivity contribution is 5.81. The number of rotatable bonds is 4. The van der Waals surface area contributed by atoms with Crippen molar-refractivity contribution in [1.29, 1.82) is 0 Å². The summed E-state index contributed by atoms with van der Waals surface area (Å²) in [5, 5.41) is 5.13. The van der Waals surface area contributed by atoms with Crippen molar-refractivity contribution >= 4 is 17.4 Å². The van der Waals surface area contributed by atoms with Gasteiger partial charge >= 0.3 is 5.97 Å². The summed E-state index contributed by atoms with van der Waals surface area (Å²) in [6.07, 6.45) is 5.09. The van der Waals surface area contributed by atoms with Gasteiger partial charge in [0.1, 0.15) is 17.4 Å². The Bertz CT molecular complexity index is 1850. The van der Waals surface area contributed by atoms with Crippen LogP contribution >= 0.6 is 0 Å². The van der Waals surface area contributed by atoms with Gasteiger partial charge in [-0.25, -0.2) is 14.2 Å². The number of piperidine rings is 1. The molecule has 0 aliphatic carbocycles. The van der Waals surface area contributed by atoms with Gasteiger partial charge in [0.15, 0.2) is 11.8 Å². The Morgan fingerprint density at radius 3 is 2.59 bits per heavy atom. The van der Waals surface area contributed by atoms with E-state index in [1.54, 1.807) is 13.0 Å². The van der Waals surface area contributed by atoms with Crippen molar-refractivity contribution in [2.75, 3.05) is 31.2 Å². The minimum Gasteiger partial charge on any atom is -0.490 e. The molecule has 6 bridgehead atoms. The maximum atomic E-state index is 14.5. The van der Waals surface area contributed by atoms with Gasteiger partial charge in [0, 0.05) is 48.5 Å². The molecule has 2 aromatic heterocycles. The van der Waals surface area contributed by atoms with Gasteiger partial charge in [-0.2, -0.15) is 9.61 Å². The van der Waals surface area contributed by atoms with Gasteiger partial charge in [-0.05, 0) is 85.1 Å². The van der Waals surface area contributed by atoms with E-state index < -0.39 is 17.7 Å². The first kappa shape index (κ1) is 34.6. The number of hydrogen-bond donors (Lipinski definition) is 0. The summed E-state index contributed by atoms with van der Waals surface area (Å²) in [5.74, 6) is 0.407. The lowest BCUT2D eigenvalue weighted by atomic mass is 9.92. The number of fused-ring (bicyclic) bond motifs is 7. The monoisotopic (exact) mass is 670 g/mol. The van der Waals surface area contributed by atoms with Crippen LogP contribution in [-0.4, -0.2) is 64.2 Å². The van der Waals surface area contributed by atoms with Crippen molar-refractivity contribution in [3.63, 3.8) is 0 Å². The van der Waals surface area contributed by atoms with E-state index in [1.165, 1.54) is 12.1 Å². The number of aryl methyl sites for hydroxylation is 1. The van der Waals surface area contributed by atoms with E-state index in [0.29, 0.717) is 54.5 Å². The van der Waals surface area contributed by atoms with Gasteiger partial charge in [0.2, 0.25) is 0 Å². The van der Waals surface area contributed by atoms with Gasteiger partial charge in [-0.3, -0.25) is 0 Å². The van der Waals surface area contributed by atoms with Gasteiger partial charge in [0.05, 0.1) is 41.8 Å². The van der Waals surface area contributed by atoms with Crippen LogP contribution in [0.2, 0.25) is 0 Å². The van der Waals surface area contributed by atoms with E-state index in [2.05, 4.69) is 17.9 Å². The number of anilines is 1. The number of carbonyl (C=O) groups excluding carboxylic acids is 1. The highest BCUT2D eigenvalue weighted by Crippen LogP contribution is 2.40. The van der Waals surface area contributed by atoms with Crippen LogP contribution in [-0.2, 0) is 19.0 Å². The standard InChI is InChI=1S/C39H47FN4O5/c1-8-46-37(45)35(49-38(4,5)6)34-26(3)41-33-24-31-28-14-11-13-27(22-28)30-16-15-29(40)23-32(30)48-25(2)12-9-10-21-47-39(7)17-19-43(20-18-39)36(34)44(33)42-31/h9-11,13-16,22-25,35H,8,12,17-21H2,1-7H3/b10-9-/t25-,35-/m0/s1. The normalized spacial score (nSPS) is 21.2. The summed E-state index contributed by atoms with van der Waals surface area (Å²) in [6, 6.07) is 14.6. The molecule has 1 fully saturated rings. The lowest BCUT2D eigenvalue weighted by Crippen LogP contribution is -2.45. The van der Waals surface area contributed by atoms with E-state index in [9.17, 15) is 9.18 Å². The second-order valence-electron chi connectivity index (χ2n) is 14.2. The molecular formula is C39H47FN4O5. The molecule has 10 heteroatoms. The highest BCUT2D eigenvalue weighted by atomic mass is 19.1. The molecule has 9 nitrogen and oxygen atoms in total. The molecule has 0 spiro atoms. The second kappa shape index (κ2) is 13.9. The molecule has 0 N–H and O–H groups in total. The summed E-state index contributed by atoms with van der Waals surface area (Å²) in [4.78, 5) is 20.9. The topological polar surface area (TPSA) is 87.4 Å². The Labute approximate surface area is 288 Å². The first-order valence-corrected chi connectivity index (χ1v) is 17.2. The maximum Gasteiger partial charge on any atom is 0.340 e. The van der Waals surface area contributed by atoms with Gasteiger partial charge in [0.25, 0.3) is 0 Å². The van der Waals surface area contributed by atoms with E-state index in [4.69, 9.17) is 29.0 Å². The summed E-state index contributed by atoms with van der Waals surface area (Å²) >= 11 is 0. The molecule has 49 heavy (non-hydrogen) atoms. The molecule has 7 rings (SSSR count). The predicted molar refractivity (Wildman–Crippen MR) is 188 cm³/mol. The van der Waals surface area contributed by atoms with Gasteiger partial charge in [-0.1, -0.05) is 30.4 Å². The van der Waals surface area contributed by atoms with E-state index in [1.807, 2.05) is 75.5 Å². The summed E-state index contributed by atoms with van der Waals surface area (Å²) in [5.41, 5.74) is 4.20. The molecular weight excluding hydrogens is 623 g/mol. The largest absolute Gasteiger partial charge is 0.490 e. The Kier molecular flexibility index (Phi) is 9.82. The van der Waals surface area contributed by atoms with Crippen LogP contribution in [0.1, 0.15) is 78.2 Å². The minimum atomic E-state index is -1.01. The van der Waals surface area contributed by atoms with Crippen LogP contribution in [0, 0.1) is 12.7 Å². The quantitative estimate of drug-likeness (QED) is 0.159. The number of benzene rings is 2. The first-order valence-electron chi connectivity index (χ1n) is 17.2. The van der Waals surface area contributed by atoms with Crippen LogP contribution in [0.25, 0.3) is 28.0 Å². The third kappa shape index (κ3) is 7.65. The van der Waals surface area contributed by atoms with E-state index in [0.717, 1.165) is 35.3 Å². The fourth-order valence-electron chi connectivity index (χ4n) is 6.55. The average Bonchev–Trinajstić information content (AvgIpc) is 3.47. The van der Waals surface area contributed by atoms with Crippen molar-refractivity contribution in [1.82, 2.24) is 14.6 Å². The minimum absolute atomic E-state index is 0.175. The lowest BCUT2D eigenvalue weighted by Gasteiger charge is -2.41. The number of esters is 1. The molecule has 1 saturated heterocycles. The van der Waals surface area contributed by atoms with Gasteiger partial charge in [-0.15, -0.1) is 0 Å². The van der Waals surface area contributed by atoms with Gasteiger partial charge < -0.3 is 23.8 Å². The zero-order chi connectivity index (χ0) is 34.9. The van der Waals surface area contributed by atoms with Crippen molar-refractivity contribution in [2.45, 2.75) is 91.1 Å². The molecule has 3 aliphatic rings. The number of halogens is 1. The predicted octanol–water partition coefficient (Wildman–Crippen LogP) is 8.03. The third-order valence-corrected chi connectivity index (χ3v) is 9.06. The average molecular weight is 671 g/mol. The molecule has 0 unspecified atom stereocenters. The molecule has 3 aliphatic heterocycles. The van der Waals surface area contributed by atoms with Crippen molar-refractivity contribution in [2.24, 2.45) is 0 Å². The second-order valence-corrected chi connectivity index (χ2v) is 14.2. The fourth-order valence-corrected chi connectivity index (χ4v) is 6.55. The smallest absolute Gasteiger partial charge is 0.340 e. The SMILES string of the molecule is CCOC(=O)[C@@H](OC(C)(C)C)c1c(C)nc2cc3nn2c1N1CCC(C)(CC1)OC/C=C\C[C@H](C)Oc1cc(F)ccc1-c1cccc-3c1. The summed E-state index contributed by atoms with van der Waals surface area (Å²) < 4.78 is 41.1. The molecule has 260 valence electrons. The fraction of sp³-hybridized carbons (Fsp3) is 0.462. The van der Waals surface area contributed by atoms with Crippen molar-refractivity contribution in [3.05, 3.63) is 77.8 Å². The molecule has 2 atom stereocenters. The Morgan fingerprint density at radius 1 is 1.10 bits per heavy atom. The first-order chi connectivity index (χ1) is 23.3. The van der Waals surface area contributed by atoms with E-state index in [-0.39, 0.29) is 24.1 Å². The molecule has 0 amide bonds. The molecule has 0 saturated carbocycles. The van der Waals surface area contributed by atoms with Crippen molar-refractivity contribution < 1.29 is 28.1 Å². The third-order valence-electron chi connectivity index (χ3n) is 9.06. The summed E-state index contributed by atoms with van der Waals surface area (Å²) in [7, 11) is 0. The zero-order valence-electron chi connectivity index (χ0n) is 29.6. The number of ether oxygens (including phenoxy) is 4. The Hall–Kier alpha value is -4.28. The van der Waals surface area contributed by atoms with Crippen LogP contribution < -0.4 is 9.64 Å². The molecule has 0 radical (unpaired) electrons. The molecule has 2 aromatic carbocycles. The number of hydrogen-bond acceptors (Lipinski definition) is 8. The van der Waals surface area contributed by atoms with Crippen LogP contribution in [0.4, 0.5) is 10.2 Å². The van der Waals surface area contributed by atoms with Crippen molar-refractivity contribution in [3.8, 4) is 28.1 Å². The van der Waals surface area contributed by atoms with Crippen LogP contribution in [0.15, 0.2) is 60.7 Å². The van der Waals surface area contributed by atoms with Crippen LogP contribution in [0.3, 0.4) is 0 Å². The Morgan fingerprint density at radius 2 is 1.86 bits per heavy atom.